The van der Waals surface area contributed by atoms with Gasteiger partial charge in [0.25, 0.3) is 5.56 Å². The summed E-state index contributed by atoms with van der Waals surface area (Å²) in [6, 6.07) is 19.0. The Morgan fingerprint density at radius 3 is 2.44 bits per heavy atom. The van der Waals surface area contributed by atoms with Crippen molar-refractivity contribution in [3.63, 3.8) is 0 Å². The maximum atomic E-state index is 13.6. The molecule has 1 amide bonds. The molecule has 0 radical (unpaired) electrons. The van der Waals surface area contributed by atoms with Crippen LogP contribution in [0.1, 0.15) is 44.8 Å². The number of ketones is 1. The number of aldehydes is 1. The van der Waals surface area contributed by atoms with Crippen molar-refractivity contribution in [2.75, 3.05) is 12.4 Å². The van der Waals surface area contributed by atoms with Crippen LogP contribution in [0.25, 0.3) is 11.1 Å². The van der Waals surface area contributed by atoms with Crippen LogP contribution in [0.5, 0.6) is 5.88 Å². The molecule has 1 N–H and O–H groups in total. The standard InChI is InChI=1S/C30H26ClN3O5/c1-18-5-4-6-21(13-18)14-27(29(38)32-23-10-7-20(17-35)8-11-23)34-28(37)16-26(30(33-34)39-3)25-15-22(31)9-12-24(25)19(2)36/h4-13,15-17,27H,14H2,1-3H3,(H,32,38). The maximum Gasteiger partial charge on any atom is 0.268 e. The molecule has 0 aliphatic rings. The van der Waals surface area contributed by atoms with Crippen molar-refractivity contribution in [2.24, 2.45) is 0 Å². The van der Waals surface area contributed by atoms with Gasteiger partial charge in [-0.25, -0.2) is 4.68 Å². The Morgan fingerprint density at radius 1 is 1.05 bits per heavy atom. The summed E-state index contributed by atoms with van der Waals surface area (Å²) in [7, 11) is 1.39. The molecule has 0 aliphatic carbocycles. The Bertz CT molecular complexity index is 1610. The molecule has 39 heavy (non-hydrogen) atoms. The van der Waals surface area contributed by atoms with Crippen molar-refractivity contribution in [1.82, 2.24) is 9.78 Å². The van der Waals surface area contributed by atoms with E-state index in [-0.39, 0.29) is 23.6 Å². The van der Waals surface area contributed by atoms with Gasteiger partial charge in [0.1, 0.15) is 12.3 Å². The van der Waals surface area contributed by atoms with E-state index in [0.29, 0.717) is 33.7 Å². The van der Waals surface area contributed by atoms with Crippen LogP contribution in [0.4, 0.5) is 5.69 Å². The van der Waals surface area contributed by atoms with E-state index in [0.717, 1.165) is 15.8 Å². The largest absolute Gasteiger partial charge is 0.480 e. The number of Topliss-reactive ketones (excluding diaryl/α,β-unsaturated/α-hetero) is 1. The number of rotatable bonds is 9. The number of nitrogens with zero attached hydrogens (tertiary/aromatic N) is 2. The molecule has 1 aromatic heterocycles. The van der Waals surface area contributed by atoms with Crippen LogP contribution in [-0.4, -0.2) is 34.9 Å². The minimum Gasteiger partial charge on any atom is -0.480 e. The topological polar surface area (TPSA) is 107 Å². The van der Waals surface area contributed by atoms with Crippen LogP contribution in [0.15, 0.2) is 77.6 Å². The highest BCUT2D eigenvalue weighted by Gasteiger charge is 2.26. The fourth-order valence-corrected chi connectivity index (χ4v) is 4.46. The van der Waals surface area contributed by atoms with Gasteiger partial charge in [-0.2, -0.15) is 0 Å². The molecular formula is C30H26ClN3O5. The van der Waals surface area contributed by atoms with Crippen molar-refractivity contribution >= 4 is 35.3 Å². The Labute approximate surface area is 230 Å². The van der Waals surface area contributed by atoms with Gasteiger partial charge < -0.3 is 10.1 Å². The molecule has 198 valence electrons. The van der Waals surface area contributed by atoms with Crippen LogP contribution in [0.2, 0.25) is 5.02 Å². The van der Waals surface area contributed by atoms with Gasteiger partial charge in [0.2, 0.25) is 11.8 Å². The third-order valence-electron chi connectivity index (χ3n) is 6.19. The fourth-order valence-electron chi connectivity index (χ4n) is 4.29. The summed E-state index contributed by atoms with van der Waals surface area (Å²) in [5.41, 5.74) is 3.23. The molecule has 4 rings (SSSR count). The Balaban J connectivity index is 1.81. The van der Waals surface area contributed by atoms with Crippen LogP contribution in [-0.2, 0) is 11.2 Å². The smallest absolute Gasteiger partial charge is 0.268 e. The average molecular weight is 544 g/mol. The van der Waals surface area contributed by atoms with Crippen LogP contribution >= 0.6 is 11.6 Å². The second-order valence-electron chi connectivity index (χ2n) is 9.03. The Kier molecular flexibility index (Phi) is 8.36. The summed E-state index contributed by atoms with van der Waals surface area (Å²) in [6.07, 6.45) is 0.881. The monoisotopic (exact) mass is 543 g/mol. The van der Waals surface area contributed by atoms with Crippen molar-refractivity contribution < 1.29 is 19.1 Å². The molecule has 1 atom stereocenters. The average Bonchev–Trinajstić information content (AvgIpc) is 2.92. The summed E-state index contributed by atoms with van der Waals surface area (Å²) < 4.78 is 6.60. The number of halogens is 1. The van der Waals surface area contributed by atoms with Crippen molar-refractivity contribution in [3.05, 3.63) is 110 Å². The Morgan fingerprint density at radius 2 is 1.79 bits per heavy atom. The molecule has 0 bridgehead atoms. The second kappa shape index (κ2) is 11.9. The van der Waals surface area contributed by atoms with E-state index >= 15 is 0 Å². The van der Waals surface area contributed by atoms with Crippen molar-refractivity contribution in [1.29, 1.82) is 0 Å². The van der Waals surface area contributed by atoms with E-state index in [2.05, 4.69) is 10.4 Å². The summed E-state index contributed by atoms with van der Waals surface area (Å²) in [5.74, 6) is -0.645. The van der Waals surface area contributed by atoms with Gasteiger partial charge in [-0.05, 0) is 67.4 Å². The van der Waals surface area contributed by atoms with Crippen molar-refractivity contribution in [2.45, 2.75) is 26.3 Å². The highest BCUT2D eigenvalue weighted by Crippen LogP contribution is 2.32. The molecule has 8 nitrogen and oxygen atoms in total. The lowest BCUT2D eigenvalue weighted by Crippen LogP contribution is -2.36. The van der Waals surface area contributed by atoms with Gasteiger partial charge in [-0.3, -0.25) is 19.2 Å². The predicted molar refractivity (Wildman–Crippen MR) is 150 cm³/mol. The molecule has 0 saturated heterocycles. The fraction of sp³-hybridized carbons (Fsp3) is 0.167. The van der Waals surface area contributed by atoms with Crippen LogP contribution in [0, 0.1) is 6.92 Å². The minimum atomic E-state index is -1.04. The quantitative estimate of drug-likeness (QED) is 0.226. The summed E-state index contributed by atoms with van der Waals surface area (Å²) in [5, 5.41) is 7.61. The first kappa shape index (κ1) is 27.5. The first-order chi connectivity index (χ1) is 18.7. The van der Waals surface area contributed by atoms with E-state index in [1.165, 1.54) is 20.1 Å². The normalized spacial score (nSPS) is 11.5. The zero-order valence-corrected chi connectivity index (χ0v) is 22.4. The number of hydrogen-bond donors (Lipinski definition) is 1. The number of carbonyl (C=O) groups excluding carboxylic acids is 3. The number of aromatic nitrogens is 2. The third kappa shape index (κ3) is 6.30. The molecule has 1 heterocycles. The summed E-state index contributed by atoms with van der Waals surface area (Å²) >= 11 is 6.20. The number of benzene rings is 3. The van der Waals surface area contributed by atoms with E-state index < -0.39 is 17.5 Å². The van der Waals surface area contributed by atoms with Gasteiger partial charge in [0.15, 0.2) is 5.78 Å². The molecule has 4 aromatic rings. The number of ether oxygens (including phenoxy) is 1. The minimum absolute atomic E-state index is 0.0525. The first-order valence-corrected chi connectivity index (χ1v) is 12.5. The maximum absolute atomic E-state index is 13.6. The molecule has 0 saturated carbocycles. The number of amides is 1. The lowest BCUT2D eigenvalue weighted by molar-refractivity contribution is -0.119. The lowest BCUT2D eigenvalue weighted by Gasteiger charge is -2.21. The molecule has 9 heteroatoms. The van der Waals surface area contributed by atoms with Gasteiger partial charge in [0, 0.05) is 34.3 Å². The first-order valence-electron chi connectivity index (χ1n) is 12.1. The third-order valence-corrected chi connectivity index (χ3v) is 6.43. The number of methoxy groups -OCH3 is 1. The predicted octanol–water partition coefficient (Wildman–Crippen LogP) is 5.32. The van der Waals surface area contributed by atoms with Gasteiger partial charge in [-0.1, -0.05) is 41.4 Å². The molecular weight excluding hydrogens is 518 g/mol. The van der Waals surface area contributed by atoms with Crippen LogP contribution in [0.3, 0.4) is 0 Å². The molecule has 0 aliphatic heterocycles. The van der Waals surface area contributed by atoms with Gasteiger partial charge >= 0.3 is 0 Å². The number of nitrogens with one attached hydrogen (secondary N) is 1. The Hall–Kier alpha value is -4.56. The molecule has 0 fully saturated rings. The summed E-state index contributed by atoms with van der Waals surface area (Å²) in [4.78, 5) is 50.3. The van der Waals surface area contributed by atoms with E-state index in [1.807, 2.05) is 31.2 Å². The zero-order valence-electron chi connectivity index (χ0n) is 21.6. The summed E-state index contributed by atoms with van der Waals surface area (Å²) in [6.45, 7) is 3.35. The van der Waals surface area contributed by atoms with Gasteiger partial charge in [0.05, 0.1) is 12.7 Å². The van der Waals surface area contributed by atoms with Crippen LogP contribution < -0.4 is 15.6 Å². The van der Waals surface area contributed by atoms with E-state index in [1.54, 1.807) is 42.5 Å². The zero-order chi connectivity index (χ0) is 28.1. The number of hydrogen-bond acceptors (Lipinski definition) is 6. The number of carbonyl (C=O) groups is 3. The number of anilines is 1. The second-order valence-corrected chi connectivity index (χ2v) is 9.47. The highest BCUT2D eigenvalue weighted by atomic mass is 35.5. The molecule has 1 unspecified atom stereocenters. The molecule has 0 spiro atoms. The lowest BCUT2D eigenvalue weighted by atomic mass is 9.98. The number of aryl methyl sites for hydroxylation is 1. The van der Waals surface area contributed by atoms with Crippen molar-refractivity contribution in [3.8, 4) is 17.0 Å². The molecule has 3 aromatic carbocycles. The van der Waals surface area contributed by atoms with Gasteiger partial charge in [-0.15, -0.1) is 5.10 Å². The highest BCUT2D eigenvalue weighted by molar-refractivity contribution is 6.31. The SMILES string of the molecule is COc1nn(C(Cc2cccc(C)c2)C(=O)Nc2ccc(C=O)cc2)c(=O)cc1-c1cc(Cl)ccc1C(C)=O. The van der Waals surface area contributed by atoms with E-state index in [4.69, 9.17) is 16.3 Å². The van der Waals surface area contributed by atoms with E-state index in [9.17, 15) is 19.2 Å².